The average molecular weight is 386 g/mol. The summed E-state index contributed by atoms with van der Waals surface area (Å²) in [5.74, 6) is 1.33. The van der Waals surface area contributed by atoms with E-state index in [9.17, 15) is 9.59 Å². The van der Waals surface area contributed by atoms with E-state index in [1.54, 1.807) is 20.1 Å². The van der Waals surface area contributed by atoms with Crippen molar-refractivity contribution in [2.45, 2.75) is 45.0 Å². The number of thioether (sulfide) groups is 1. The molecule has 8 heteroatoms. The third kappa shape index (κ3) is 3.37. The Bertz CT molecular complexity index is 1030. The van der Waals surface area contributed by atoms with Crippen LogP contribution in [-0.4, -0.2) is 36.6 Å². The van der Waals surface area contributed by atoms with Gasteiger partial charge in [0, 0.05) is 18.3 Å². The fraction of sp³-hybridized carbons (Fsp3) is 0.368. The lowest BCUT2D eigenvalue weighted by atomic mass is 10.0. The van der Waals surface area contributed by atoms with E-state index in [1.807, 2.05) is 31.5 Å². The smallest absolute Gasteiger partial charge is 0.192 e. The highest BCUT2D eigenvalue weighted by Gasteiger charge is 2.26. The van der Waals surface area contributed by atoms with Gasteiger partial charge in [-0.2, -0.15) is 0 Å². The number of furan rings is 1. The highest BCUT2D eigenvalue weighted by Crippen LogP contribution is 2.30. The molecule has 3 heterocycles. The van der Waals surface area contributed by atoms with E-state index >= 15 is 0 Å². The normalized spacial score (nSPS) is 12.4. The molecule has 3 rings (SSSR count). The summed E-state index contributed by atoms with van der Waals surface area (Å²) in [6, 6.07) is 1.84. The zero-order valence-electron chi connectivity index (χ0n) is 16.2. The summed E-state index contributed by atoms with van der Waals surface area (Å²) in [4.78, 5) is 27.8. The SMILES string of the molecule is CC(=O)c1c(C)[nH]c(C(=O)[C@H](C)Sc2nnc(-c3ccoc3C)n2C)c1C. The largest absolute Gasteiger partial charge is 0.469 e. The summed E-state index contributed by atoms with van der Waals surface area (Å²) >= 11 is 1.33. The van der Waals surface area contributed by atoms with Gasteiger partial charge in [0.05, 0.1) is 22.8 Å². The van der Waals surface area contributed by atoms with Crippen molar-refractivity contribution in [2.75, 3.05) is 0 Å². The zero-order chi connectivity index (χ0) is 19.9. The number of H-pyrrole nitrogens is 1. The number of Topliss-reactive ketones (excluding diaryl/α,β-unsaturated/α-hetero) is 2. The molecule has 0 spiro atoms. The monoisotopic (exact) mass is 386 g/mol. The molecule has 0 saturated heterocycles. The number of nitrogens with one attached hydrogen (secondary N) is 1. The number of nitrogens with zero attached hydrogens (tertiary/aromatic N) is 3. The van der Waals surface area contributed by atoms with Crippen LogP contribution in [0.15, 0.2) is 21.9 Å². The molecule has 0 amide bonds. The molecule has 27 heavy (non-hydrogen) atoms. The first-order valence-electron chi connectivity index (χ1n) is 8.57. The number of rotatable bonds is 6. The van der Waals surface area contributed by atoms with Gasteiger partial charge in [0.2, 0.25) is 0 Å². The number of ketones is 2. The number of hydrogen-bond donors (Lipinski definition) is 1. The molecule has 0 aromatic carbocycles. The molecular weight excluding hydrogens is 364 g/mol. The molecule has 0 saturated carbocycles. The molecule has 0 aliphatic heterocycles. The number of aryl methyl sites for hydroxylation is 2. The molecular formula is C19H22N4O3S. The molecule has 3 aromatic rings. The lowest BCUT2D eigenvalue weighted by Crippen LogP contribution is -2.16. The highest BCUT2D eigenvalue weighted by atomic mass is 32.2. The highest BCUT2D eigenvalue weighted by molar-refractivity contribution is 8.00. The van der Waals surface area contributed by atoms with E-state index in [0.717, 1.165) is 17.0 Å². The van der Waals surface area contributed by atoms with E-state index in [4.69, 9.17) is 4.42 Å². The fourth-order valence-electron chi connectivity index (χ4n) is 3.21. The fourth-order valence-corrected chi connectivity index (χ4v) is 4.08. The van der Waals surface area contributed by atoms with Crippen LogP contribution < -0.4 is 0 Å². The second-order valence-electron chi connectivity index (χ2n) is 6.56. The zero-order valence-corrected chi connectivity index (χ0v) is 17.0. The molecule has 3 aromatic heterocycles. The maximum atomic E-state index is 12.9. The quantitative estimate of drug-likeness (QED) is 0.510. The lowest BCUT2D eigenvalue weighted by molar-refractivity contribution is 0.0988. The predicted octanol–water partition coefficient (Wildman–Crippen LogP) is 3.89. The van der Waals surface area contributed by atoms with Crippen molar-refractivity contribution >= 4 is 23.3 Å². The van der Waals surface area contributed by atoms with E-state index in [2.05, 4.69) is 15.2 Å². The van der Waals surface area contributed by atoms with Crippen molar-refractivity contribution in [1.82, 2.24) is 19.7 Å². The van der Waals surface area contributed by atoms with Crippen LogP contribution in [0.2, 0.25) is 0 Å². The number of hydrogen-bond acceptors (Lipinski definition) is 6. The third-order valence-electron chi connectivity index (χ3n) is 4.62. The molecule has 0 fully saturated rings. The van der Waals surface area contributed by atoms with E-state index in [-0.39, 0.29) is 16.8 Å². The Hall–Kier alpha value is -2.61. The van der Waals surface area contributed by atoms with Gasteiger partial charge < -0.3 is 14.0 Å². The summed E-state index contributed by atoms with van der Waals surface area (Å²) in [5, 5.41) is 8.70. The van der Waals surface area contributed by atoms with Crippen LogP contribution >= 0.6 is 11.8 Å². The summed E-state index contributed by atoms with van der Waals surface area (Å²) in [6.45, 7) is 8.81. The Balaban J connectivity index is 1.84. The van der Waals surface area contributed by atoms with Gasteiger partial charge in [-0.25, -0.2) is 0 Å². The van der Waals surface area contributed by atoms with Crippen molar-refractivity contribution in [3.8, 4) is 11.4 Å². The number of aromatic nitrogens is 4. The number of aromatic amines is 1. The van der Waals surface area contributed by atoms with Crippen molar-refractivity contribution in [2.24, 2.45) is 7.05 Å². The summed E-state index contributed by atoms with van der Waals surface area (Å²) < 4.78 is 7.18. The first-order valence-corrected chi connectivity index (χ1v) is 9.45. The van der Waals surface area contributed by atoms with Crippen molar-refractivity contribution < 1.29 is 14.0 Å². The molecule has 142 valence electrons. The molecule has 0 unspecified atom stereocenters. The van der Waals surface area contributed by atoms with Crippen LogP contribution in [0.4, 0.5) is 0 Å². The van der Waals surface area contributed by atoms with Gasteiger partial charge in [-0.15, -0.1) is 10.2 Å². The molecule has 0 radical (unpaired) electrons. The Morgan fingerprint density at radius 1 is 1.26 bits per heavy atom. The average Bonchev–Trinajstić information content (AvgIpc) is 3.25. The Labute approximate surface area is 161 Å². The number of carbonyl (C=O) groups is 2. The molecule has 0 bridgehead atoms. The maximum Gasteiger partial charge on any atom is 0.192 e. The second-order valence-corrected chi connectivity index (χ2v) is 7.87. The Kier molecular flexibility index (Phi) is 5.10. The molecule has 1 atom stereocenters. The molecule has 0 aliphatic rings. The van der Waals surface area contributed by atoms with E-state index in [1.165, 1.54) is 18.7 Å². The van der Waals surface area contributed by atoms with Crippen LogP contribution in [0, 0.1) is 20.8 Å². The van der Waals surface area contributed by atoms with Gasteiger partial charge >= 0.3 is 0 Å². The van der Waals surface area contributed by atoms with E-state index in [0.29, 0.717) is 27.8 Å². The van der Waals surface area contributed by atoms with Gasteiger partial charge in [0.25, 0.3) is 0 Å². The van der Waals surface area contributed by atoms with Crippen LogP contribution in [-0.2, 0) is 7.05 Å². The first kappa shape index (κ1) is 19.2. The standard InChI is InChI=1S/C19H22N4O3S/c1-9-15(11(3)24)10(2)20-16(9)17(25)13(5)27-19-22-21-18(23(19)6)14-7-8-26-12(14)4/h7-8,13,20H,1-6H3/t13-/m0/s1. The van der Waals surface area contributed by atoms with Gasteiger partial charge in [-0.1, -0.05) is 11.8 Å². The van der Waals surface area contributed by atoms with E-state index < -0.39 is 0 Å². The van der Waals surface area contributed by atoms with Crippen molar-refractivity contribution in [1.29, 1.82) is 0 Å². The van der Waals surface area contributed by atoms with Crippen molar-refractivity contribution in [3.05, 3.63) is 40.6 Å². The minimum Gasteiger partial charge on any atom is -0.469 e. The lowest BCUT2D eigenvalue weighted by Gasteiger charge is -2.10. The predicted molar refractivity (Wildman–Crippen MR) is 103 cm³/mol. The first-order chi connectivity index (χ1) is 12.7. The molecule has 7 nitrogen and oxygen atoms in total. The van der Waals surface area contributed by atoms with Gasteiger partial charge in [0.15, 0.2) is 22.5 Å². The second kappa shape index (κ2) is 7.19. The summed E-state index contributed by atoms with van der Waals surface area (Å²) in [6.07, 6.45) is 1.61. The van der Waals surface area contributed by atoms with Crippen LogP contribution in [0.3, 0.4) is 0 Å². The minimum absolute atomic E-state index is 0.0472. The Morgan fingerprint density at radius 2 is 1.96 bits per heavy atom. The number of carbonyl (C=O) groups excluding carboxylic acids is 2. The summed E-state index contributed by atoms with van der Waals surface area (Å²) in [7, 11) is 1.86. The van der Waals surface area contributed by atoms with Crippen LogP contribution in [0.5, 0.6) is 0 Å². The van der Waals surface area contributed by atoms with Crippen LogP contribution in [0.1, 0.15) is 51.7 Å². The van der Waals surface area contributed by atoms with Crippen molar-refractivity contribution in [3.63, 3.8) is 0 Å². The van der Waals surface area contributed by atoms with Gasteiger partial charge in [-0.05, 0) is 46.2 Å². The Morgan fingerprint density at radius 3 is 2.52 bits per heavy atom. The summed E-state index contributed by atoms with van der Waals surface area (Å²) in [5.41, 5.74) is 3.36. The maximum absolute atomic E-state index is 12.9. The third-order valence-corrected chi connectivity index (χ3v) is 5.76. The molecule has 0 aliphatic carbocycles. The molecule has 1 N–H and O–H groups in total. The minimum atomic E-state index is -0.386. The topological polar surface area (TPSA) is 93.8 Å². The van der Waals surface area contributed by atoms with Gasteiger partial charge in [-0.3, -0.25) is 9.59 Å². The van der Waals surface area contributed by atoms with Crippen LogP contribution in [0.25, 0.3) is 11.4 Å². The van der Waals surface area contributed by atoms with Gasteiger partial charge in [0.1, 0.15) is 5.76 Å².